The fraction of sp³-hybridized carbons (Fsp3) is 0.714. The molecule has 0 aliphatic heterocycles. The van der Waals surface area contributed by atoms with Crippen molar-refractivity contribution in [3.05, 3.63) is 0 Å². The van der Waals surface area contributed by atoms with Gasteiger partial charge < -0.3 is 11.1 Å². The smallest absolute Gasteiger partial charge is 0.220 e. The first-order valence-electron chi connectivity index (χ1n) is 3.68. The van der Waals surface area contributed by atoms with Crippen molar-refractivity contribution >= 4 is 12.3 Å². The molecule has 0 aromatic carbocycles. The molecule has 4 nitrogen and oxygen atoms in total. The van der Waals surface area contributed by atoms with Gasteiger partial charge in [0.05, 0.1) is 0 Å². The van der Waals surface area contributed by atoms with E-state index in [4.69, 9.17) is 5.73 Å². The Morgan fingerprint density at radius 1 is 1.73 bits per heavy atom. The number of nitrogens with two attached hydrogens (primary N) is 1. The maximum absolute atomic E-state index is 10.6. The Bertz CT molecular complexity index is 136. The van der Waals surface area contributed by atoms with Gasteiger partial charge in [-0.3, -0.25) is 9.59 Å². The summed E-state index contributed by atoms with van der Waals surface area (Å²) in [5, 5.41) is 2.48. The molecular formula is C7H14N2O2. The molecule has 4 heteroatoms. The van der Waals surface area contributed by atoms with E-state index in [1.54, 1.807) is 0 Å². The van der Waals surface area contributed by atoms with Crippen LogP contribution in [0.2, 0.25) is 0 Å². The SMILES string of the molecule is CCC(CCNC=O)C(N)=O. The molecule has 0 bridgehead atoms. The maximum atomic E-state index is 10.6. The summed E-state index contributed by atoms with van der Waals surface area (Å²) < 4.78 is 0. The van der Waals surface area contributed by atoms with Crippen molar-refractivity contribution in [2.75, 3.05) is 6.54 Å². The Morgan fingerprint density at radius 3 is 2.73 bits per heavy atom. The van der Waals surface area contributed by atoms with Crippen LogP contribution in [0.1, 0.15) is 19.8 Å². The highest BCUT2D eigenvalue weighted by atomic mass is 16.1. The molecule has 0 spiro atoms. The molecule has 0 aliphatic rings. The van der Waals surface area contributed by atoms with Crippen molar-refractivity contribution in [2.24, 2.45) is 11.7 Å². The van der Waals surface area contributed by atoms with Gasteiger partial charge >= 0.3 is 0 Å². The first-order chi connectivity index (χ1) is 5.22. The predicted molar refractivity (Wildman–Crippen MR) is 41.7 cm³/mol. The summed E-state index contributed by atoms with van der Waals surface area (Å²) in [5.74, 6) is -0.400. The summed E-state index contributed by atoms with van der Waals surface area (Å²) in [7, 11) is 0. The molecule has 1 atom stereocenters. The lowest BCUT2D eigenvalue weighted by Gasteiger charge is -2.08. The average molecular weight is 158 g/mol. The van der Waals surface area contributed by atoms with Gasteiger partial charge in [-0.15, -0.1) is 0 Å². The number of hydrogen-bond donors (Lipinski definition) is 2. The van der Waals surface area contributed by atoms with Crippen LogP contribution in [0.25, 0.3) is 0 Å². The van der Waals surface area contributed by atoms with Gasteiger partial charge in [-0.05, 0) is 12.8 Å². The number of primary amides is 1. The highest BCUT2D eigenvalue weighted by Gasteiger charge is 2.11. The number of carbonyl (C=O) groups is 2. The van der Waals surface area contributed by atoms with Gasteiger partial charge in [-0.1, -0.05) is 6.92 Å². The Kier molecular flexibility index (Phi) is 5.15. The molecule has 3 N–H and O–H groups in total. The number of nitrogens with one attached hydrogen (secondary N) is 1. The maximum Gasteiger partial charge on any atom is 0.220 e. The Balaban J connectivity index is 3.52. The molecular weight excluding hydrogens is 144 g/mol. The Morgan fingerprint density at radius 2 is 2.36 bits per heavy atom. The molecule has 0 fully saturated rings. The van der Waals surface area contributed by atoms with E-state index in [0.717, 1.165) is 6.42 Å². The monoisotopic (exact) mass is 158 g/mol. The third-order valence-corrected chi connectivity index (χ3v) is 1.62. The molecule has 0 saturated carbocycles. The lowest BCUT2D eigenvalue weighted by molar-refractivity contribution is -0.122. The molecule has 64 valence electrons. The van der Waals surface area contributed by atoms with E-state index in [1.165, 1.54) is 0 Å². The van der Waals surface area contributed by atoms with Gasteiger partial charge in [0.2, 0.25) is 12.3 Å². The van der Waals surface area contributed by atoms with E-state index < -0.39 is 0 Å². The van der Waals surface area contributed by atoms with Crippen molar-refractivity contribution in [1.82, 2.24) is 5.32 Å². The second-order valence-corrected chi connectivity index (χ2v) is 2.37. The van der Waals surface area contributed by atoms with Crippen LogP contribution in [0.3, 0.4) is 0 Å². The van der Waals surface area contributed by atoms with Gasteiger partial charge in [0.1, 0.15) is 0 Å². The van der Waals surface area contributed by atoms with E-state index in [1.807, 2.05) is 6.92 Å². The normalized spacial score (nSPS) is 12.1. The number of hydrogen-bond acceptors (Lipinski definition) is 2. The molecule has 0 heterocycles. The fourth-order valence-electron chi connectivity index (χ4n) is 0.864. The van der Waals surface area contributed by atoms with Gasteiger partial charge in [-0.25, -0.2) is 0 Å². The van der Waals surface area contributed by atoms with Crippen molar-refractivity contribution in [1.29, 1.82) is 0 Å². The van der Waals surface area contributed by atoms with Crippen LogP contribution in [0.4, 0.5) is 0 Å². The van der Waals surface area contributed by atoms with E-state index in [-0.39, 0.29) is 11.8 Å². The highest BCUT2D eigenvalue weighted by molar-refractivity contribution is 5.76. The van der Waals surface area contributed by atoms with Gasteiger partial charge in [0, 0.05) is 12.5 Å². The van der Waals surface area contributed by atoms with Crippen molar-refractivity contribution in [2.45, 2.75) is 19.8 Å². The van der Waals surface area contributed by atoms with Crippen LogP contribution in [0.5, 0.6) is 0 Å². The summed E-state index contributed by atoms with van der Waals surface area (Å²) >= 11 is 0. The molecule has 0 rings (SSSR count). The molecule has 11 heavy (non-hydrogen) atoms. The third kappa shape index (κ3) is 4.36. The zero-order chi connectivity index (χ0) is 8.69. The minimum absolute atomic E-state index is 0.109. The lowest BCUT2D eigenvalue weighted by atomic mass is 10.0. The minimum Gasteiger partial charge on any atom is -0.369 e. The zero-order valence-electron chi connectivity index (χ0n) is 6.67. The van der Waals surface area contributed by atoms with E-state index in [0.29, 0.717) is 19.4 Å². The fourth-order valence-corrected chi connectivity index (χ4v) is 0.864. The quantitative estimate of drug-likeness (QED) is 0.409. The van der Waals surface area contributed by atoms with E-state index >= 15 is 0 Å². The number of carbonyl (C=O) groups excluding carboxylic acids is 2. The number of rotatable bonds is 6. The van der Waals surface area contributed by atoms with E-state index in [2.05, 4.69) is 5.32 Å². The predicted octanol–water partition coefficient (Wildman–Crippen LogP) is -0.366. The topological polar surface area (TPSA) is 72.2 Å². The van der Waals surface area contributed by atoms with Crippen LogP contribution in [0.15, 0.2) is 0 Å². The first kappa shape index (κ1) is 9.94. The number of amides is 2. The molecule has 0 aliphatic carbocycles. The van der Waals surface area contributed by atoms with Gasteiger partial charge in [0.15, 0.2) is 0 Å². The molecule has 2 amide bonds. The van der Waals surface area contributed by atoms with Crippen molar-refractivity contribution in [3.63, 3.8) is 0 Å². The van der Waals surface area contributed by atoms with Crippen LogP contribution in [-0.2, 0) is 9.59 Å². The van der Waals surface area contributed by atoms with Crippen molar-refractivity contribution < 1.29 is 9.59 Å². The van der Waals surface area contributed by atoms with Crippen LogP contribution < -0.4 is 11.1 Å². The average Bonchev–Trinajstić information content (AvgIpc) is 1.97. The summed E-state index contributed by atoms with van der Waals surface area (Å²) in [5.41, 5.74) is 5.07. The summed E-state index contributed by atoms with van der Waals surface area (Å²) in [6.45, 7) is 2.42. The third-order valence-electron chi connectivity index (χ3n) is 1.62. The largest absolute Gasteiger partial charge is 0.369 e. The summed E-state index contributed by atoms with van der Waals surface area (Å²) in [6.07, 6.45) is 1.98. The Hall–Kier alpha value is -1.06. The van der Waals surface area contributed by atoms with Crippen LogP contribution >= 0.6 is 0 Å². The first-order valence-corrected chi connectivity index (χ1v) is 3.68. The highest BCUT2D eigenvalue weighted by Crippen LogP contribution is 2.05. The van der Waals surface area contributed by atoms with Gasteiger partial charge in [0.25, 0.3) is 0 Å². The summed E-state index contributed by atoms with van der Waals surface area (Å²) in [6, 6.07) is 0. The second-order valence-electron chi connectivity index (χ2n) is 2.37. The lowest BCUT2D eigenvalue weighted by Crippen LogP contribution is -2.26. The van der Waals surface area contributed by atoms with Crippen molar-refractivity contribution in [3.8, 4) is 0 Å². The van der Waals surface area contributed by atoms with Gasteiger partial charge in [-0.2, -0.15) is 0 Å². The molecule has 1 unspecified atom stereocenters. The van der Waals surface area contributed by atoms with E-state index in [9.17, 15) is 9.59 Å². The molecule has 0 radical (unpaired) electrons. The summed E-state index contributed by atoms with van der Waals surface area (Å²) in [4.78, 5) is 20.4. The van der Waals surface area contributed by atoms with Crippen LogP contribution in [-0.4, -0.2) is 18.9 Å². The standard InChI is InChI=1S/C7H14N2O2/c1-2-6(7(8)11)3-4-9-5-10/h5-6H,2-4H2,1H3,(H2,8,11)(H,9,10). The molecule has 0 saturated heterocycles. The molecule has 0 aromatic rings. The minimum atomic E-state index is -0.291. The molecule has 0 aromatic heterocycles. The van der Waals surface area contributed by atoms with Crippen LogP contribution in [0, 0.1) is 5.92 Å². The second kappa shape index (κ2) is 5.70. The zero-order valence-corrected chi connectivity index (χ0v) is 6.67. The Labute approximate surface area is 66.1 Å².